The molecule has 2 bridgehead atoms. The summed E-state index contributed by atoms with van der Waals surface area (Å²) in [4.78, 5) is 29.7. The van der Waals surface area contributed by atoms with Crippen molar-refractivity contribution in [2.24, 2.45) is 0 Å². The molecular formula is C27H32N4O2. The number of carbonyl (C=O) groups excluding carboxylic acids is 2. The number of fused-ring (bicyclic) bond motifs is 5. The van der Waals surface area contributed by atoms with E-state index in [-0.39, 0.29) is 17.9 Å². The Morgan fingerprint density at radius 2 is 1.42 bits per heavy atom. The Bertz CT molecular complexity index is 1130. The van der Waals surface area contributed by atoms with Gasteiger partial charge in [-0.25, -0.2) is 0 Å². The second kappa shape index (κ2) is 9.49. The van der Waals surface area contributed by atoms with Crippen molar-refractivity contribution in [1.82, 2.24) is 20.4 Å². The number of hydrogen-bond acceptors (Lipinski definition) is 4. The molecular weight excluding hydrogens is 412 g/mol. The van der Waals surface area contributed by atoms with Crippen molar-refractivity contribution >= 4 is 33.4 Å². The highest BCUT2D eigenvalue weighted by Crippen LogP contribution is 2.33. The molecule has 0 saturated carbocycles. The highest BCUT2D eigenvalue weighted by Gasteiger charge is 2.35. The summed E-state index contributed by atoms with van der Waals surface area (Å²) in [5, 5.41) is 10.9. The van der Waals surface area contributed by atoms with Crippen molar-refractivity contribution in [3.63, 3.8) is 0 Å². The van der Waals surface area contributed by atoms with E-state index in [1.54, 1.807) is 0 Å². The zero-order valence-corrected chi connectivity index (χ0v) is 19.3. The second-order valence-corrected chi connectivity index (χ2v) is 9.19. The topological polar surface area (TPSA) is 64.7 Å². The molecule has 3 aliphatic rings. The summed E-state index contributed by atoms with van der Waals surface area (Å²) in [6.07, 6.45) is 1.11. The molecule has 3 aliphatic heterocycles. The number of aryl methyl sites for hydroxylation is 2. The Morgan fingerprint density at radius 3 is 2.00 bits per heavy atom. The number of benzene rings is 3. The van der Waals surface area contributed by atoms with Gasteiger partial charge in [-0.2, -0.15) is 0 Å². The fourth-order valence-corrected chi connectivity index (χ4v) is 5.40. The van der Waals surface area contributed by atoms with Gasteiger partial charge in [0, 0.05) is 52.2 Å². The van der Waals surface area contributed by atoms with Gasteiger partial charge in [0.05, 0.1) is 0 Å². The van der Waals surface area contributed by atoms with Crippen molar-refractivity contribution in [3.05, 3.63) is 59.7 Å². The normalized spacial score (nSPS) is 21.9. The van der Waals surface area contributed by atoms with Gasteiger partial charge in [-0.15, -0.1) is 0 Å². The number of nitrogens with zero attached hydrogens (tertiary/aromatic N) is 2. The van der Waals surface area contributed by atoms with Gasteiger partial charge in [-0.1, -0.05) is 48.5 Å². The average molecular weight is 445 g/mol. The van der Waals surface area contributed by atoms with E-state index in [1.165, 1.54) is 32.7 Å². The van der Waals surface area contributed by atoms with Gasteiger partial charge in [-0.3, -0.25) is 19.4 Å². The molecule has 0 aromatic heterocycles. The van der Waals surface area contributed by atoms with Crippen LogP contribution < -0.4 is 10.6 Å². The van der Waals surface area contributed by atoms with Crippen LogP contribution in [0.15, 0.2) is 48.5 Å². The lowest BCUT2D eigenvalue weighted by molar-refractivity contribution is -0.131. The molecule has 0 spiro atoms. The van der Waals surface area contributed by atoms with Crippen LogP contribution in [0.1, 0.15) is 17.5 Å². The molecule has 3 aromatic carbocycles. The number of rotatable bonds is 7. The molecule has 172 valence electrons. The van der Waals surface area contributed by atoms with Crippen LogP contribution in [0.2, 0.25) is 0 Å². The SMILES string of the molecule is Cc1c2ccccc2c(CCC(=O)NCCNC(=O)C2CN3CCN2CC3)c2ccccc12. The highest BCUT2D eigenvalue weighted by molar-refractivity contribution is 6.05. The number of amides is 2. The summed E-state index contributed by atoms with van der Waals surface area (Å²) >= 11 is 0. The zero-order valence-electron chi connectivity index (χ0n) is 19.3. The van der Waals surface area contributed by atoms with E-state index < -0.39 is 0 Å². The van der Waals surface area contributed by atoms with Gasteiger partial charge in [0.25, 0.3) is 0 Å². The first kappa shape index (κ1) is 21.9. The van der Waals surface area contributed by atoms with Crippen molar-refractivity contribution in [1.29, 1.82) is 0 Å². The molecule has 1 atom stereocenters. The third-order valence-corrected chi connectivity index (χ3v) is 7.24. The van der Waals surface area contributed by atoms with Crippen molar-refractivity contribution in [2.45, 2.75) is 25.8 Å². The highest BCUT2D eigenvalue weighted by atomic mass is 16.2. The van der Waals surface area contributed by atoms with Crippen LogP contribution in [0.3, 0.4) is 0 Å². The lowest BCUT2D eigenvalue weighted by Crippen LogP contribution is -2.65. The van der Waals surface area contributed by atoms with Crippen molar-refractivity contribution in [3.8, 4) is 0 Å². The summed E-state index contributed by atoms with van der Waals surface area (Å²) in [5.41, 5.74) is 2.51. The summed E-state index contributed by atoms with van der Waals surface area (Å²) in [7, 11) is 0. The predicted octanol–water partition coefficient (Wildman–Crippen LogP) is 2.47. The molecule has 2 N–H and O–H groups in total. The Morgan fingerprint density at radius 1 is 0.848 bits per heavy atom. The summed E-state index contributed by atoms with van der Waals surface area (Å²) in [5.74, 6) is 0.0933. The molecule has 3 saturated heterocycles. The van der Waals surface area contributed by atoms with Gasteiger partial charge in [0.15, 0.2) is 0 Å². The molecule has 33 heavy (non-hydrogen) atoms. The first-order valence-corrected chi connectivity index (χ1v) is 12.0. The monoisotopic (exact) mass is 444 g/mol. The van der Waals surface area contributed by atoms with Gasteiger partial charge in [0.1, 0.15) is 6.04 Å². The van der Waals surface area contributed by atoms with Gasteiger partial charge in [0.2, 0.25) is 11.8 Å². The van der Waals surface area contributed by atoms with E-state index >= 15 is 0 Å². The molecule has 3 heterocycles. The van der Waals surface area contributed by atoms with Crippen molar-refractivity contribution in [2.75, 3.05) is 45.8 Å². The first-order chi connectivity index (χ1) is 16.1. The lowest BCUT2D eigenvalue weighted by Gasteiger charge is -2.46. The molecule has 6 nitrogen and oxygen atoms in total. The van der Waals surface area contributed by atoms with Crippen LogP contribution in [0.5, 0.6) is 0 Å². The van der Waals surface area contributed by atoms with Crippen LogP contribution >= 0.6 is 0 Å². The molecule has 6 heteroatoms. The molecule has 1 unspecified atom stereocenters. The summed E-state index contributed by atoms with van der Waals surface area (Å²) in [6, 6.07) is 16.9. The quantitative estimate of drug-likeness (QED) is 0.434. The van der Waals surface area contributed by atoms with Gasteiger partial charge < -0.3 is 10.6 Å². The third-order valence-electron chi connectivity index (χ3n) is 7.24. The lowest BCUT2D eigenvalue weighted by atomic mass is 9.90. The van der Waals surface area contributed by atoms with Gasteiger partial charge >= 0.3 is 0 Å². The Labute approximate surface area is 194 Å². The summed E-state index contributed by atoms with van der Waals surface area (Å²) in [6.45, 7) is 7.96. The fraction of sp³-hybridized carbons (Fsp3) is 0.407. The van der Waals surface area contributed by atoms with Crippen molar-refractivity contribution < 1.29 is 9.59 Å². The van der Waals surface area contributed by atoms with Crippen LogP contribution in [-0.4, -0.2) is 73.5 Å². The molecule has 3 aromatic rings. The largest absolute Gasteiger partial charge is 0.354 e. The van der Waals surface area contributed by atoms with Crippen LogP contribution in [0.4, 0.5) is 0 Å². The first-order valence-electron chi connectivity index (χ1n) is 12.0. The molecule has 2 amide bonds. The van der Waals surface area contributed by atoms with E-state index in [1.807, 2.05) is 0 Å². The molecule has 0 radical (unpaired) electrons. The Kier molecular flexibility index (Phi) is 6.29. The maximum absolute atomic E-state index is 12.6. The fourth-order valence-electron chi connectivity index (χ4n) is 5.40. The van der Waals surface area contributed by atoms with Gasteiger partial charge in [-0.05, 0) is 46.0 Å². The van der Waals surface area contributed by atoms with Crippen LogP contribution in [-0.2, 0) is 16.0 Å². The zero-order chi connectivity index (χ0) is 22.8. The second-order valence-electron chi connectivity index (χ2n) is 9.19. The third kappa shape index (κ3) is 4.45. The maximum atomic E-state index is 12.6. The van der Waals surface area contributed by atoms with E-state index in [9.17, 15) is 9.59 Å². The Hall–Kier alpha value is -2.96. The number of nitrogens with one attached hydrogen (secondary N) is 2. The number of piperazine rings is 3. The average Bonchev–Trinajstić information content (AvgIpc) is 2.87. The number of carbonyl (C=O) groups is 2. The smallest absolute Gasteiger partial charge is 0.238 e. The summed E-state index contributed by atoms with van der Waals surface area (Å²) < 4.78 is 0. The minimum absolute atomic E-state index is 0.0181. The number of hydrogen-bond donors (Lipinski definition) is 2. The minimum atomic E-state index is -0.0497. The van der Waals surface area contributed by atoms with E-state index in [0.717, 1.165) is 32.7 Å². The van der Waals surface area contributed by atoms with E-state index in [4.69, 9.17) is 0 Å². The molecule has 3 fully saturated rings. The molecule has 0 aliphatic carbocycles. The standard InChI is InChI=1S/C27H32N4O2/c1-19-20-6-2-4-8-22(20)24(23-9-5-3-7-21(19)23)10-11-26(32)28-12-13-29-27(33)25-18-30-14-16-31(25)17-15-30/h2-9,25H,10-18H2,1H3,(H,28,32)(H,29,33). The maximum Gasteiger partial charge on any atom is 0.238 e. The van der Waals surface area contributed by atoms with Crippen LogP contribution in [0, 0.1) is 6.92 Å². The van der Waals surface area contributed by atoms with E-state index in [2.05, 4.69) is 75.9 Å². The molecule has 6 rings (SSSR count). The van der Waals surface area contributed by atoms with Crippen LogP contribution in [0.25, 0.3) is 21.5 Å². The Balaban J connectivity index is 1.16. The van der Waals surface area contributed by atoms with E-state index in [0.29, 0.717) is 25.9 Å². The minimum Gasteiger partial charge on any atom is -0.354 e. The predicted molar refractivity (Wildman–Crippen MR) is 132 cm³/mol.